The highest BCUT2D eigenvalue weighted by Crippen LogP contribution is 2.09. The molecule has 0 aliphatic carbocycles. The van der Waals surface area contributed by atoms with Crippen molar-refractivity contribution in [1.82, 2.24) is 19.8 Å². The van der Waals surface area contributed by atoms with Crippen LogP contribution in [0.4, 0.5) is 0 Å². The lowest BCUT2D eigenvalue weighted by Gasteiger charge is -2.29. The van der Waals surface area contributed by atoms with Gasteiger partial charge in [-0.1, -0.05) is 0 Å². The Morgan fingerprint density at radius 2 is 2.28 bits per heavy atom. The summed E-state index contributed by atoms with van der Waals surface area (Å²) in [5.74, 6) is -0.0830. The molecule has 0 aromatic carbocycles. The maximum absolute atomic E-state index is 12.0. The normalized spacial score (nSPS) is 17.9. The Balaban J connectivity index is 1.86. The van der Waals surface area contributed by atoms with Crippen LogP contribution in [0.2, 0.25) is 0 Å². The van der Waals surface area contributed by atoms with Crippen LogP contribution in [-0.2, 0) is 6.54 Å². The Morgan fingerprint density at radius 1 is 1.56 bits per heavy atom. The molecule has 0 saturated carbocycles. The smallest absolute Gasteiger partial charge is 0.271 e. The number of imidazole rings is 1. The van der Waals surface area contributed by atoms with E-state index in [1.54, 1.807) is 12.5 Å². The molecule has 0 unspecified atom stereocenters. The van der Waals surface area contributed by atoms with Gasteiger partial charge in [0.1, 0.15) is 5.69 Å². The van der Waals surface area contributed by atoms with E-state index in [-0.39, 0.29) is 11.9 Å². The molecular weight excluding hydrogens is 230 g/mol. The molecule has 6 nitrogen and oxygen atoms in total. The van der Waals surface area contributed by atoms with Crippen LogP contribution in [0.3, 0.4) is 0 Å². The van der Waals surface area contributed by atoms with Crippen molar-refractivity contribution in [2.75, 3.05) is 26.7 Å². The summed E-state index contributed by atoms with van der Waals surface area (Å²) in [6, 6.07) is 0.272. The Labute approximate surface area is 107 Å². The summed E-state index contributed by atoms with van der Waals surface area (Å²) < 4.78 is 1.84. The molecule has 1 aliphatic heterocycles. The average Bonchev–Trinajstić information content (AvgIpc) is 2.81. The van der Waals surface area contributed by atoms with Crippen molar-refractivity contribution < 1.29 is 4.79 Å². The molecule has 100 valence electrons. The lowest BCUT2D eigenvalue weighted by molar-refractivity contribution is 0.0912. The molecule has 6 heteroatoms. The van der Waals surface area contributed by atoms with Crippen molar-refractivity contribution in [2.45, 2.75) is 25.4 Å². The van der Waals surface area contributed by atoms with Gasteiger partial charge in [-0.2, -0.15) is 0 Å². The summed E-state index contributed by atoms with van der Waals surface area (Å²) in [5.41, 5.74) is 5.93. The third kappa shape index (κ3) is 3.30. The van der Waals surface area contributed by atoms with Crippen LogP contribution in [0.5, 0.6) is 0 Å². The van der Waals surface area contributed by atoms with Gasteiger partial charge in [-0.25, -0.2) is 4.98 Å². The summed E-state index contributed by atoms with van der Waals surface area (Å²) in [5, 5.41) is 3.04. The molecular formula is C12H21N5O. The lowest BCUT2D eigenvalue weighted by Crippen LogP contribution is -2.43. The number of carbonyl (C=O) groups is 1. The number of likely N-dealkylation sites (tertiary alicyclic amines) is 1. The molecule has 3 N–H and O–H groups in total. The number of piperidine rings is 1. The Hall–Kier alpha value is -1.40. The van der Waals surface area contributed by atoms with Gasteiger partial charge in [0.05, 0.1) is 6.33 Å². The van der Waals surface area contributed by atoms with Crippen molar-refractivity contribution >= 4 is 5.91 Å². The zero-order chi connectivity index (χ0) is 13.0. The monoisotopic (exact) mass is 251 g/mol. The van der Waals surface area contributed by atoms with E-state index < -0.39 is 0 Å². The molecule has 2 heterocycles. The molecule has 1 aromatic heterocycles. The van der Waals surface area contributed by atoms with Crippen LogP contribution < -0.4 is 11.1 Å². The predicted octanol–water partition coefficient (Wildman–Crippen LogP) is -0.334. The zero-order valence-electron chi connectivity index (χ0n) is 10.8. The number of carbonyl (C=O) groups excluding carboxylic acids is 1. The van der Waals surface area contributed by atoms with E-state index >= 15 is 0 Å². The SMILES string of the molecule is CN1CCC(NC(=O)c2cn(CCN)cn2)CC1. The Kier molecular flexibility index (Phi) is 4.33. The van der Waals surface area contributed by atoms with Gasteiger partial charge in [0, 0.05) is 25.3 Å². The van der Waals surface area contributed by atoms with Crippen molar-refractivity contribution in [1.29, 1.82) is 0 Å². The van der Waals surface area contributed by atoms with Crippen LogP contribution >= 0.6 is 0 Å². The van der Waals surface area contributed by atoms with E-state index in [0.29, 0.717) is 18.8 Å². The zero-order valence-corrected chi connectivity index (χ0v) is 10.8. The number of hydrogen-bond donors (Lipinski definition) is 2. The van der Waals surface area contributed by atoms with Crippen LogP contribution in [0.1, 0.15) is 23.3 Å². The fraction of sp³-hybridized carbons (Fsp3) is 0.667. The van der Waals surface area contributed by atoms with Crippen LogP contribution in [0.15, 0.2) is 12.5 Å². The Morgan fingerprint density at radius 3 is 2.94 bits per heavy atom. The molecule has 0 bridgehead atoms. The van der Waals surface area contributed by atoms with Crippen molar-refractivity contribution in [3.63, 3.8) is 0 Å². The topological polar surface area (TPSA) is 76.2 Å². The number of aromatic nitrogens is 2. The fourth-order valence-corrected chi connectivity index (χ4v) is 2.16. The minimum absolute atomic E-state index is 0.0830. The summed E-state index contributed by atoms with van der Waals surface area (Å²) in [7, 11) is 2.10. The quantitative estimate of drug-likeness (QED) is 0.768. The van der Waals surface area contributed by atoms with Crippen LogP contribution in [0, 0.1) is 0 Å². The largest absolute Gasteiger partial charge is 0.348 e. The molecule has 0 atom stereocenters. The molecule has 1 amide bonds. The predicted molar refractivity (Wildman–Crippen MR) is 69.3 cm³/mol. The van der Waals surface area contributed by atoms with E-state index in [2.05, 4.69) is 22.2 Å². The van der Waals surface area contributed by atoms with Gasteiger partial charge in [-0.3, -0.25) is 4.79 Å². The lowest BCUT2D eigenvalue weighted by atomic mass is 10.1. The summed E-state index contributed by atoms with van der Waals surface area (Å²) in [6.45, 7) is 3.31. The molecule has 1 aliphatic rings. The van der Waals surface area contributed by atoms with Crippen LogP contribution in [0.25, 0.3) is 0 Å². The first-order valence-electron chi connectivity index (χ1n) is 6.40. The van der Waals surface area contributed by atoms with Gasteiger partial charge < -0.3 is 20.5 Å². The van der Waals surface area contributed by atoms with Gasteiger partial charge >= 0.3 is 0 Å². The first-order chi connectivity index (χ1) is 8.69. The molecule has 18 heavy (non-hydrogen) atoms. The molecule has 1 saturated heterocycles. The second-order valence-electron chi connectivity index (χ2n) is 4.84. The molecule has 1 aromatic rings. The molecule has 0 radical (unpaired) electrons. The van der Waals surface area contributed by atoms with Gasteiger partial charge in [0.15, 0.2) is 0 Å². The maximum atomic E-state index is 12.0. The second kappa shape index (κ2) is 5.97. The third-order valence-electron chi connectivity index (χ3n) is 3.31. The number of nitrogens with one attached hydrogen (secondary N) is 1. The summed E-state index contributed by atoms with van der Waals surface area (Å²) in [4.78, 5) is 18.4. The van der Waals surface area contributed by atoms with Crippen LogP contribution in [-0.4, -0.2) is 53.1 Å². The van der Waals surface area contributed by atoms with Gasteiger partial charge in [0.25, 0.3) is 5.91 Å². The average molecular weight is 251 g/mol. The molecule has 1 fully saturated rings. The van der Waals surface area contributed by atoms with Crippen molar-refractivity contribution in [3.8, 4) is 0 Å². The number of amides is 1. The minimum Gasteiger partial charge on any atom is -0.348 e. The first kappa shape index (κ1) is 13.0. The van der Waals surface area contributed by atoms with Gasteiger partial charge in [-0.05, 0) is 33.0 Å². The van der Waals surface area contributed by atoms with E-state index in [1.165, 1.54) is 0 Å². The van der Waals surface area contributed by atoms with E-state index in [0.717, 1.165) is 25.9 Å². The standard InChI is InChI=1S/C12H21N5O/c1-16-5-2-10(3-6-16)15-12(18)11-8-17(7-4-13)9-14-11/h8-10H,2-7,13H2,1H3,(H,15,18). The highest BCUT2D eigenvalue weighted by molar-refractivity contribution is 5.92. The van der Waals surface area contributed by atoms with Crippen molar-refractivity contribution in [2.24, 2.45) is 5.73 Å². The third-order valence-corrected chi connectivity index (χ3v) is 3.31. The fourth-order valence-electron chi connectivity index (χ4n) is 2.16. The number of rotatable bonds is 4. The number of nitrogens with zero attached hydrogens (tertiary/aromatic N) is 3. The van der Waals surface area contributed by atoms with Gasteiger partial charge in [-0.15, -0.1) is 0 Å². The molecule has 2 rings (SSSR count). The summed E-state index contributed by atoms with van der Waals surface area (Å²) in [6.07, 6.45) is 5.41. The Bertz CT molecular complexity index is 395. The second-order valence-corrected chi connectivity index (χ2v) is 4.84. The first-order valence-corrected chi connectivity index (χ1v) is 6.40. The van der Waals surface area contributed by atoms with Gasteiger partial charge in [0.2, 0.25) is 0 Å². The maximum Gasteiger partial charge on any atom is 0.271 e. The van der Waals surface area contributed by atoms with E-state index in [1.807, 2.05) is 4.57 Å². The van der Waals surface area contributed by atoms with E-state index in [9.17, 15) is 4.79 Å². The van der Waals surface area contributed by atoms with E-state index in [4.69, 9.17) is 5.73 Å². The molecule has 0 spiro atoms. The number of nitrogens with two attached hydrogens (primary N) is 1. The minimum atomic E-state index is -0.0830. The van der Waals surface area contributed by atoms with Crippen molar-refractivity contribution in [3.05, 3.63) is 18.2 Å². The summed E-state index contributed by atoms with van der Waals surface area (Å²) >= 11 is 0. The number of hydrogen-bond acceptors (Lipinski definition) is 4. The highest BCUT2D eigenvalue weighted by Gasteiger charge is 2.19. The highest BCUT2D eigenvalue weighted by atomic mass is 16.2.